The molecule has 0 aliphatic rings. The van der Waals surface area contributed by atoms with Crippen LogP contribution in [0.15, 0.2) is 16.6 Å². The lowest BCUT2D eigenvalue weighted by molar-refractivity contribution is -0.137. The van der Waals surface area contributed by atoms with Gasteiger partial charge in [-0.15, -0.1) is 0 Å². The second kappa shape index (κ2) is 7.21. The Balaban J connectivity index is 3.58. The molecule has 0 saturated carbocycles. The lowest BCUT2D eigenvalue weighted by atomic mass is 10.1. The van der Waals surface area contributed by atoms with Crippen molar-refractivity contribution < 1.29 is 32.2 Å². The fraction of sp³-hybridized carbons (Fsp3) is 0.154. The van der Waals surface area contributed by atoms with Crippen LogP contribution in [0.4, 0.5) is 17.6 Å². The van der Waals surface area contributed by atoms with Gasteiger partial charge in [-0.2, -0.15) is 10.3 Å². The van der Waals surface area contributed by atoms with Crippen LogP contribution in [-0.2, 0) is 9.53 Å². The summed E-state index contributed by atoms with van der Waals surface area (Å²) in [7, 11) is 0. The number of aliphatic hydroxyl groups is 1. The van der Waals surface area contributed by atoms with Crippen molar-refractivity contribution in [3.05, 3.63) is 40.5 Å². The number of hydrogen-bond donors (Lipinski definition) is 1. The monoisotopic (exact) mass is 316 g/mol. The summed E-state index contributed by atoms with van der Waals surface area (Å²) in [6.45, 7) is 1.29. The number of benzene rings is 1. The van der Waals surface area contributed by atoms with Crippen molar-refractivity contribution in [2.45, 2.75) is 6.92 Å². The standard InChI is InChI=1S/C13H8F4N2O3/c1-2-22-13(21)7(4-19-5-18)12(20)6-3-8(14)10(16)11(17)9(6)15/h3-4,20H,2H2,1H3/b12-7-,19-4?. The van der Waals surface area contributed by atoms with E-state index in [9.17, 15) is 27.5 Å². The zero-order valence-corrected chi connectivity index (χ0v) is 11.0. The van der Waals surface area contributed by atoms with Crippen LogP contribution < -0.4 is 0 Å². The van der Waals surface area contributed by atoms with Crippen molar-refractivity contribution in [2.75, 3.05) is 6.61 Å². The van der Waals surface area contributed by atoms with E-state index in [2.05, 4.69) is 9.73 Å². The summed E-state index contributed by atoms with van der Waals surface area (Å²) in [5.41, 5.74) is -1.95. The van der Waals surface area contributed by atoms with Gasteiger partial charge in [0.2, 0.25) is 6.19 Å². The normalized spacial score (nSPS) is 12.0. The third kappa shape index (κ3) is 3.41. The highest BCUT2D eigenvalue weighted by Gasteiger charge is 2.25. The third-order valence-corrected chi connectivity index (χ3v) is 2.36. The van der Waals surface area contributed by atoms with Gasteiger partial charge in [-0.25, -0.2) is 22.4 Å². The van der Waals surface area contributed by atoms with Gasteiger partial charge in [0.15, 0.2) is 23.3 Å². The summed E-state index contributed by atoms with van der Waals surface area (Å²) in [5.74, 6) is -10.4. The zero-order chi connectivity index (χ0) is 16.9. The number of aliphatic hydroxyl groups excluding tert-OH is 1. The van der Waals surface area contributed by atoms with Crippen LogP contribution in [-0.4, -0.2) is 23.9 Å². The molecule has 0 aliphatic carbocycles. The molecule has 0 fully saturated rings. The molecule has 116 valence electrons. The molecule has 0 radical (unpaired) electrons. The minimum atomic E-state index is -2.16. The maximum atomic E-state index is 13.6. The number of rotatable bonds is 4. The van der Waals surface area contributed by atoms with Crippen LogP contribution in [0.5, 0.6) is 0 Å². The average molecular weight is 316 g/mol. The highest BCUT2D eigenvalue weighted by atomic mass is 19.2. The predicted octanol–water partition coefficient (Wildman–Crippen LogP) is 2.63. The maximum absolute atomic E-state index is 13.6. The van der Waals surface area contributed by atoms with Crippen LogP contribution in [0.2, 0.25) is 0 Å². The minimum Gasteiger partial charge on any atom is -0.506 e. The van der Waals surface area contributed by atoms with E-state index < -0.39 is 46.1 Å². The predicted molar refractivity (Wildman–Crippen MR) is 66.6 cm³/mol. The quantitative estimate of drug-likeness (QED) is 0.135. The first-order valence-electron chi connectivity index (χ1n) is 5.71. The van der Waals surface area contributed by atoms with E-state index in [-0.39, 0.29) is 12.7 Å². The number of esters is 1. The van der Waals surface area contributed by atoms with Crippen LogP contribution >= 0.6 is 0 Å². The van der Waals surface area contributed by atoms with E-state index in [1.807, 2.05) is 0 Å². The Bertz CT molecular complexity index is 708. The number of halogens is 4. The molecule has 1 rings (SSSR count). The van der Waals surface area contributed by atoms with Crippen molar-refractivity contribution in [2.24, 2.45) is 4.99 Å². The molecular weight excluding hydrogens is 308 g/mol. The van der Waals surface area contributed by atoms with Crippen LogP contribution in [0, 0.1) is 34.7 Å². The van der Waals surface area contributed by atoms with Gasteiger partial charge in [-0.3, -0.25) is 0 Å². The van der Waals surface area contributed by atoms with Gasteiger partial charge in [0.05, 0.1) is 18.4 Å². The Labute approximate surface area is 121 Å². The van der Waals surface area contributed by atoms with Gasteiger partial charge in [-0.1, -0.05) is 0 Å². The van der Waals surface area contributed by atoms with E-state index in [0.717, 1.165) is 0 Å². The summed E-state index contributed by atoms with van der Waals surface area (Å²) in [4.78, 5) is 14.6. The number of carbonyl (C=O) groups is 1. The van der Waals surface area contributed by atoms with E-state index in [4.69, 9.17) is 5.26 Å². The molecule has 0 amide bonds. The van der Waals surface area contributed by atoms with Gasteiger partial charge in [-0.05, 0) is 13.0 Å². The number of nitrogens with zero attached hydrogens (tertiary/aromatic N) is 2. The first-order chi connectivity index (χ1) is 10.3. The van der Waals surface area contributed by atoms with Crippen molar-refractivity contribution in [3.63, 3.8) is 0 Å². The van der Waals surface area contributed by atoms with E-state index in [1.54, 1.807) is 0 Å². The highest BCUT2D eigenvalue weighted by Crippen LogP contribution is 2.25. The van der Waals surface area contributed by atoms with E-state index in [1.165, 1.54) is 13.1 Å². The number of nitriles is 1. The molecule has 0 atom stereocenters. The van der Waals surface area contributed by atoms with Gasteiger partial charge >= 0.3 is 5.97 Å². The second-order valence-corrected chi connectivity index (χ2v) is 3.69. The molecule has 0 aromatic heterocycles. The Morgan fingerprint density at radius 3 is 2.55 bits per heavy atom. The fourth-order valence-electron chi connectivity index (χ4n) is 1.40. The Morgan fingerprint density at radius 1 is 1.36 bits per heavy atom. The number of ether oxygens (including phenoxy) is 1. The number of aliphatic imine (C=N–C) groups is 1. The Morgan fingerprint density at radius 2 is 2.00 bits per heavy atom. The molecule has 0 heterocycles. The van der Waals surface area contributed by atoms with Gasteiger partial charge in [0.1, 0.15) is 11.3 Å². The second-order valence-electron chi connectivity index (χ2n) is 3.69. The topological polar surface area (TPSA) is 82.7 Å². The molecule has 1 aromatic rings. The summed E-state index contributed by atoms with van der Waals surface area (Å²) in [5, 5.41) is 18.1. The summed E-state index contributed by atoms with van der Waals surface area (Å²) >= 11 is 0. The van der Waals surface area contributed by atoms with Crippen LogP contribution in [0.1, 0.15) is 12.5 Å². The smallest absolute Gasteiger partial charge is 0.343 e. The molecule has 9 heteroatoms. The van der Waals surface area contributed by atoms with E-state index in [0.29, 0.717) is 6.21 Å². The largest absolute Gasteiger partial charge is 0.506 e. The molecule has 0 spiro atoms. The molecule has 22 heavy (non-hydrogen) atoms. The summed E-state index contributed by atoms with van der Waals surface area (Å²) in [6, 6.07) is 0.155. The third-order valence-electron chi connectivity index (χ3n) is 2.36. The van der Waals surface area contributed by atoms with Crippen LogP contribution in [0.25, 0.3) is 5.76 Å². The first-order valence-corrected chi connectivity index (χ1v) is 5.71. The van der Waals surface area contributed by atoms with Crippen molar-refractivity contribution in [1.29, 1.82) is 5.26 Å². The molecule has 0 aliphatic heterocycles. The molecule has 1 aromatic carbocycles. The summed E-state index contributed by atoms with van der Waals surface area (Å²) in [6.07, 6.45) is 1.78. The minimum absolute atomic E-state index is 0.134. The summed E-state index contributed by atoms with van der Waals surface area (Å²) < 4.78 is 57.3. The molecule has 0 unspecified atom stereocenters. The molecular formula is C13H8F4N2O3. The molecule has 0 bridgehead atoms. The molecule has 5 nitrogen and oxygen atoms in total. The van der Waals surface area contributed by atoms with Gasteiger partial charge in [0.25, 0.3) is 0 Å². The zero-order valence-electron chi connectivity index (χ0n) is 11.0. The fourth-order valence-corrected chi connectivity index (χ4v) is 1.40. The Kier molecular flexibility index (Phi) is 5.63. The highest BCUT2D eigenvalue weighted by molar-refractivity contribution is 6.15. The lowest BCUT2D eigenvalue weighted by Crippen LogP contribution is -2.12. The van der Waals surface area contributed by atoms with Crippen LogP contribution in [0.3, 0.4) is 0 Å². The average Bonchev–Trinajstić information content (AvgIpc) is 2.49. The lowest BCUT2D eigenvalue weighted by Gasteiger charge is -2.08. The molecule has 0 saturated heterocycles. The number of carbonyl (C=O) groups excluding carboxylic acids is 1. The van der Waals surface area contributed by atoms with Crippen molar-refractivity contribution in [1.82, 2.24) is 0 Å². The first kappa shape index (κ1) is 17.2. The number of hydrogen-bond acceptors (Lipinski definition) is 5. The Hall–Kier alpha value is -2.89. The van der Waals surface area contributed by atoms with Gasteiger partial charge in [0, 0.05) is 0 Å². The maximum Gasteiger partial charge on any atom is 0.343 e. The SMILES string of the molecule is CCOC(=O)/C(C=NC#N)=C(\O)c1cc(F)c(F)c(F)c1F. The molecule has 1 N–H and O–H groups in total. The van der Waals surface area contributed by atoms with E-state index >= 15 is 0 Å². The van der Waals surface area contributed by atoms with Crippen molar-refractivity contribution >= 4 is 17.9 Å². The van der Waals surface area contributed by atoms with Gasteiger partial charge < -0.3 is 9.84 Å². The van der Waals surface area contributed by atoms with Crippen molar-refractivity contribution in [3.8, 4) is 6.19 Å².